The monoisotopic (exact) mass is 248 g/mol. The lowest BCUT2D eigenvalue weighted by molar-refractivity contribution is -0.0150. The molecule has 1 heterocycles. The first-order valence-corrected chi connectivity index (χ1v) is 6.84. The van der Waals surface area contributed by atoms with Gasteiger partial charge in [-0.1, -0.05) is 30.3 Å². The standard InChI is InChI=1S/C15H24N2O/c1-17(12-7-14-5-3-2-4-6-14)13-15(18)8-10-16-11-9-15/h2-6,16,18H,7-13H2,1H3. The van der Waals surface area contributed by atoms with Crippen LogP contribution in [0.3, 0.4) is 0 Å². The Labute approximate surface area is 110 Å². The van der Waals surface area contributed by atoms with Gasteiger partial charge >= 0.3 is 0 Å². The number of aliphatic hydroxyl groups is 1. The molecule has 3 nitrogen and oxygen atoms in total. The maximum atomic E-state index is 10.5. The third-order valence-electron chi connectivity index (χ3n) is 3.72. The van der Waals surface area contributed by atoms with E-state index in [9.17, 15) is 5.11 Å². The molecule has 1 aromatic rings. The number of nitrogens with one attached hydrogen (secondary N) is 1. The Morgan fingerprint density at radius 3 is 2.56 bits per heavy atom. The second kappa shape index (κ2) is 6.32. The Hall–Kier alpha value is -0.900. The summed E-state index contributed by atoms with van der Waals surface area (Å²) >= 11 is 0. The molecule has 1 aromatic carbocycles. The van der Waals surface area contributed by atoms with Crippen LogP contribution in [-0.4, -0.2) is 48.8 Å². The van der Waals surface area contributed by atoms with Gasteiger partial charge in [-0.2, -0.15) is 0 Å². The van der Waals surface area contributed by atoms with Crippen LogP contribution < -0.4 is 5.32 Å². The van der Waals surface area contributed by atoms with E-state index in [0.717, 1.165) is 45.4 Å². The van der Waals surface area contributed by atoms with Gasteiger partial charge in [-0.15, -0.1) is 0 Å². The van der Waals surface area contributed by atoms with Crippen molar-refractivity contribution in [2.24, 2.45) is 0 Å². The molecule has 0 amide bonds. The van der Waals surface area contributed by atoms with E-state index in [-0.39, 0.29) is 0 Å². The van der Waals surface area contributed by atoms with Crippen molar-refractivity contribution in [3.8, 4) is 0 Å². The fraction of sp³-hybridized carbons (Fsp3) is 0.600. The van der Waals surface area contributed by atoms with Gasteiger partial charge in [0.25, 0.3) is 0 Å². The van der Waals surface area contributed by atoms with E-state index in [1.807, 2.05) is 6.07 Å². The van der Waals surface area contributed by atoms with E-state index in [0.29, 0.717) is 0 Å². The summed E-state index contributed by atoms with van der Waals surface area (Å²) in [4.78, 5) is 2.25. The van der Waals surface area contributed by atoms with Crippen LogP contribution in [0, 0.1) is 0 Å². The average molecular weight is 248 g/mol. The van der Waals surface area contributed by atoms with Gasteiger partial charge in [0.1, 0.15) is 0 Å². The second-order valence-corrected chi connectivity index (χ2v) is 5.45. The summed E-state index contributed by atoms with van der Waals surface area (Å²) in [5.74, 6) is 0. The van der Waals surface area contributed by atoms with Crippen LogP contribution in [0.4, 0.5) is 0 Å². The lowest BCUT2D eigenvalue weighted by Crippen LogP contribution is -2.49. The lowest BCUT2D eigenvalue weighted by atomic mass is 9.92. The first-order chi connectivity index (χ1) is 8.68. The number of rotatable bonds is 5. The molecule has 3 heteroatoms. The van der Waals surface area contributed by atoms with Crippen molar-refractivity contribution in [1.82, 2.24) is 10.2 Å². The summed E-state index contributed by atoms with van der Waals surface area (Å²) in [7, 11) is 2.10. The molecule has 0 unspecified atom stereocenters. The predicted octanol–water partition coefficient (Wildman–Crippen LogP) is 1.28. The molecule has 0 radical (unpaired) electrons. The molecule has 0 saturated carbocycles. The highest BCUT2D eigenvalue weighted by Gasteiger charge is 2.29. The highest BCUT2D eigenvalue weighted by atomic mass is 16.3. The van der Waals surface area contributed by atoms with Crippen LogP contribution in [0.5, 0.6) is 0 Å². The fourth-order valence-electron chi connectivity index (χ4n) is 2.60. The Morgan fingerprint density at radius 1 is 1.22 bits per heavy atom. The quantitative estimate of drug-likeness (QED) is 0.824. The molecule has 1 aliphatic heterocycles. The van der Waals surface area contributed by atoms with Crippen molar-refractivity contribution >= 4 is 0 Å². The molecule has 100 valence electrons. The van der Waals surface area contributed by atoms with E-state index >= 15 is 0 Å². The largest absolute Gasteiger partial charge is 0.388 e. The van der Waals surface area contributed by atoms with Gasteiger partial charge in [0.05, 0.1) is 5.60 Å². The Kier molecular flexibility index (Phi) is 4.75. The van der Waals surface area contributed by atoms with Crippen LogP contribution in [0.15, 0.2) is 30.3 Å². The molecule has 0 atom stereocenters. The molecule has 2 N–H and O–H groups in total. The van der Waals surface area contributed by atoms with Crippen molar-refractivity contribution in [3.05, 3.63) is 35.9 Å². The second-order valence-electron chi connectivity index (χ2n) is 5.45. The summed E-state index contributed by atoms with van der Waals surface area (Å²) in [5, 5.41) is 13.7. The highest BCUT2D eigenvalue weighted by Crippen LogP contribution is 2.18. The van der Waals surface area contributed by atoms with Gasteiger partial charge in [0, 0.05) is 13.1 Å². The zero-order valence-corrected chi connectivity index (χ0v) is 11.2. The minimum atomic E-state index is -0.489. The average Bonchev–Trinajstić information content (AvgIpc) is 2.38. The summed E-state index contributed by atoms with van der Waals surface area (Å²) in [6, 6.07) is 10.5. The summed E-state index contributed by atoms with van der Waals surface area (Å²) in [5.41, 5.74) is 0.873. The molecule has 0 aliphatic carbocycles. The SMILES string of the molecule is CN(CCc1ccccc1)CC1(O)CCNCC1. The van der Waals surface area contributed by atoms with Crippen molar-refractivity contribution < 1.29 is 5.11 Å². The fourth-order valence-corrected chi connectivity index (χ4v) is 2.60. The first-order valence-electron chi connectivity index (χ1n) is 6.84. The summed E-state index contributed by atoms with van der Waals surface area (Å²) in [6.07, 6.45) is 2.77. The number of hydrogen-bond donors (Lipinski definition) is 2. The van der Waals surface area contributed by atoms with Gasteiger partial charge < -0.3 is 15.3 Å². The molecule has 18 heavy (non-hydrogen) atoms. The van der Waals surface area contributed by atoms with Crippen molar-refractivity contribution in [2.75, 3.05) is 33.2 Å². The number of piperidine rings is 1. The van der Waals surface area contributed by atoms with Crippen LogP contribution >= 0.6 is 0 Å². The molecule has 0 spiro atoms. The first kappa shape index (κ1) is 13.5. The van der Waals surface area contributed by atoms with E-state index in [2.05, 4.69) is 41.5 Å². The Balaban J connectivity index is 1.76. The van der Waals surface area contributed by atoms with Crippen molar-refractivity contribution in [3.63, 3.8) is 0 Å². The predicted molar refractivity (Wildman–Crippen MR) is 74.7 cm³/mol. The molecule has 0 aromatic heterocycles. The van der Waals surface area contributed by atoms with Crippen molar-refractivity contribution in [2.45, 2.75) is 24.9 Å². The zero-order valence-electron chi connectivity index (χ0n) is 11.2. The third kappa shape index (κ3) is 4.09. The van der Waals surface area contributed by atoms with Crippen LogP contribution in [-0.2, 0) is 6.42 Å². The lowest BCUT2D eigenvalue weighted by Gasteiger charge is -2.36. The molecule has 1 saturated heterocycles. The third-order valence-corrected chi connectivity index (χ3v) is 3.72. The minimum absolute atomic E-state index is 0.489. The highest BCUT2D eigenvalue weighted by molar-refractivity contribution is 5.14. The maximum Gasteiger partial charge on any atom is 0.0798 e. The van der Waals surface area contributed by atoms with Crippen LogP contribution in [0.1, 0.15) is 18.4 Å². The maximum absolute atomic E-state index is 10.5. The Morgan fingerprint density at radius 2 is 1.89 bits per heavy atom. The van der Waals surface area contributed by atoms with Gasteiger partial charge in [0.2, 0.25) is 0 Å². The Bertz CT molecular complexity index is 347. The van der Waals surface area contributed by atoms with E-state index in [1.165, 1.54) is 5.56 Å². The van der Waals surface area contributed by atoms with Crippen molar-refractivity contribution in [1.29, 1.82) is 0 Å². The zero-order chi connectivity index (χ0) is 12.8. The number of benzene rings is 1. The van der Waals surface area contributed by atoms with Gasteiger partial charge in [-0.3, -0.25) is 0 Å². The summed E-state index contributed by atoms with van der Waals surface area (Å²) < 4.78 is 0. The normalized spacial score (nSPS) is 19.1. The van der Waals surface area contributed by atoms with Gasteiger partial charge in [-0.05, 0) is 45.0 Å². The molecule has 1 aliphatic rings. The molecular formula is C15H24N2O. The molecule has 1 fully saturated rings. The van der Waals surface area contributed by atoms with E-state index < -0.39 is 5.60 Å². The minimum Gasteiger partial charge on any atom is -0.388 e. The number of likely N-dealkylation sites (N-methyl/N-ethyl adjacent to an activating group) is 1. The van der Waals surface area contributed by atoms with Crippen LogP contribution in [0.25, 0.3) is 0 Å². The topological polar surface area (TPSA) is 35.5 Å². The smallest absolute Gasteiger partial charge is 0.0798 e. The van der Waals surface area contributed by atoms with E-state index in [1.54, 1.807) is 0 Å². The molecular weight excluding hydrogens is 224 g/mol. The van der Waals surface area contributed by atoms with Gasteiger partial charge in [0.15, 0.2) is 0 Å². The molecule has 0 bridgehead atoms. The van der Waals surface area contributed by atoms with Crippen LogP contribution in [0.2, 0.25) is 0 Å². The molecule has 2 rings (SSSR count). The number of nitrogens with zero attached hydrogens (tertiary/aromatic N) is 1. The number of hydrogen-bond acceptors (Lipinski definition) is 3. The van der Waals surface area contributed by atoms with E-state index in [4.69, 9.17) is 0 Å². The summed E-state index contributed by atoms with van der Waals surface area (Å²) in [6.45, 7) is 3.65. The van der Waals surface area contributed by atoms with Gasteiger partial charge in [-0.25, -0.2) is 0 Å².